The zero-order chi connectivity index (χ0) is 7.72. The largest absolute Gasteiger partial charge is 0.429 e. The Balaban J connectivity index is 3.46. The molecule has 0 aromatic carbocycles. The van der Waals surface area contributed by atoms with Gasteiger partial charge in [-0.2, -0.15) is 4.73 Å². The molecule has 2 N–H and O–H groups in total. The summed E-state index contributed by atoms with van der Waals surface area (Å²) in [5, 5.41) is 16.2. The van der Waals surface area contributed by atoms with Gasteiger partial charge in [-0.25, -0.2) is 0 Å². The van der Waals surface area contributed by atoms with Crippen molar-refractivity contribution >= 4 is 23.2 Å². The number of rotatable bonds is 0. The average molecular weight is 179 g/mol. The first-order valence-electron chi connectivity index (χ1n) is 2.42. The molecule has 1 heterocycles. The summed E-state index contributed by atoms with van der Waals surface area (Å²) in [6.07, 6.45) is 2.38. The maximum Gasteiger partial charge on any atom is 0.0945 e. The molecule has 0 saturated carbocycles. The first kappa shape index (κ1) is 7.44. The van der Waals surface area contributed by atoms with Gasteiger partial charge in [-0.15, -0.1) is 0 Å². The Morgan fingerprint density at radius 2 is 1.70 bits per heavy atom. The highest BCUT2D eigenvalue weighted by Gasteiger charge is 1.97. The number of halogens is 2. The van der Waals surface area contributed by atoms with Gasteiger partial charge >= 0.3 is 0 Å². The molecule has 54 valence electrons. The predicted molar refractivity (Wildman–Crippen MR) is 37.5 cm³/mol. The average Bonchev–Trinajstić information content (AvgIpc) is 1.82. The van der Waals surface area contributed by atoms with Gasteiger partial charge in [0.2, 0.25) is 0 Å². The zero-order valence-electron chi connectivity index (χ0n) is 4.81. The Bertz CT molecular complexity index is 281. The van der Waals surface area contributed by atoms with E-state index in [1.54, 1.807) is 0 Å². The Morgan fingerprint density at radius 1 is 1.30 bits per heavy atom. The predicted octanol–water partition coefficient (Wildman–Crippen LogP) is 1.51. The number of nitrogens with zero attached hydrogens (tertiary/aromatic N) is 1. The molecule has 5 heteroatoms. The van der Waals surface area contributed by atoms with Gasteiger partial charge in [-0.3, -0.25) is 5.41 Å². The van der Waals surface area contributed by atoms with Gasteiger partial charge in [0, 0.05) is 0 Å². The van der Waals surface area contributed by atoms with Gasteiger partial charge in [-0.05, 0) is 0 Å². The van der Waals surface area contributed by atoms with Crippen molar-refractivity contribution in [1.82, 2.24) is 4.73 Å². The molecule has 0 atom stereocenters. The van der Waals surface area contributed by atoms with Crippen LogP contribution in [0.1, 0.15) is 0 Å². The second kappa shape index (κ2) is 2.52. The van der Waals surface area contributed by atoms with Crippen molar-refractivity contribution in [3.05, 3.63) is 27.8 Å². The number of nitrogens with one attached hydrogen (secondary N) is 1. The van der Waals surface area contributed by atoms with Crippen molar-refractivity contribution in [1.29, 1.82) is 5.41 Å². The second-order valence-corrected chi connectivity index (χ2v) is 2.52. The zero-order valence-corrected chi connectivity index (χ0v) is 6.32. The Kier molecular flexibility index (Phi) is 1.87. The van der Waals surface area contributed by atoms with E-state index >= 15 is 0 Å². The lowest BCUT2D eigenvalue weighted by Crippen LogP contribution is -2.06. The molecule has 3 nitrogen and oxygen atoms in total. The molecule has 0 radical (unpaired) electrons. The maximum absolute atomic E-state index is 8.78. The first-order valence-corrected chi connectivity index (χ1v) is 3.18. The Morgan fingerprint density at radius 3 is 2.10 bits per heavy atom. The van der Waals surface area contributed by atoms with Crippen LogP contribution in [0.25, 0.3) is 0 Å². The van der Waals surface area contributed by atoms with Gasteiger partial charge in [0.1, 0.15) is 0 Å². The van der Waals surface area contributed by atoms with E-state index in [0.29, 0.717) is 4.73 Å². The molecule has 1 aromatic rings. The Hall–Kier alpha value is -0.670. The van der Waals surface area contributed by atoms with Crippen molar-refractivity contribution in [2.24, 2.45) is 0 Å². The molecule has 0 aliphatic heterocycles. The summed E-state index contributed by atoms with van der Waals surface area (Å²) >= 11 is 10.9. The van der Waals surface area contributed by atoms with Crippen LogP contribution in [0, 0.1) is 5.41 Å². The molecule has 0 unspecified atom stereocenters. The first-order chi connectivity index (χ1) is 4.61. The maximum atomic E-state index is 8.78. The summed E-state index contributed by atoms with van der Waals surface area (Å²) in [7, 11) is 0. The van der Waals surface area contributed by atoms with E-state index in [-0.39, 0.29) is 15.4 Å². The van der Waals surface area contributed by atoms with Crippen LogP contribution in [0.4, 0.5) is 0 Å². The van der Waals surface area contributed by atoms with Crippen molar-refractivity contribution in [2.45, 2.75) is 0 Å². The van der Waals surface area contributed by atoms with Gasteiger partial charge in [0.05, 0.1) is 27.8 Å². The van der Waals surface area contributed by atoms with E-state index < -0.39 is 0 Å². The molecule has 1 rings (SSSR count). The second-order valence-electron chi connectivity index (χ2n) is 1.71. The van der Waals surface area contributed by atoms with Crippen LogP contribution >= 0.6 is 23.2 Å². The SMILES string of the molecule is N=c1c(Cl)cn(O)cc1Cl. The minimum atomic E-state index is 0.0219. The van der Waals surface area contributed by atoms with E-state index in [4.69, 9.17) is 33.8 Å². The molecule has 0 aliphatic rings. The molecule has 0 aliphatic carbocycles. The molecule has 0 amide bonds. The normalized spacial score (nSPS) is 9.80. The van der Waals surface area contributed by atoms with Gasteiger partial charge in [0.15, 0.2) is 0 Å². The van der Waals surface area contributed by atoms with Crippen LogP contribution in [-0.4, -0.2) is 9.94 Å². The quantitative estimate of drug-likeness (QED) is 0.582. The number of hydrogen-bond acceptors (Lipinski definition) is 2. The fourth-order valence-corrected chi connectivity index (χ4v) is 0.965. The van der Waals surface area contributed by atoms with E-state index in [1.165, 1.54) is 12.4 Å². The standard InChI is InChI=1S/C5H4Cl2N2O/c6-3-1-9(10)2-4(7)5(3)8/h1-2,8,10H. The van der Waals surface area contributed by atoms with E-state index in [9.17, 15) is 0 Å². The van der Waals surface area contributed by atoms with Crippen molar-refractivity contribution < 1.29 is 5.21 Å². The molecule has 0 saturated heterocycles. The third-order valence-corrected chi connectivity index (χ3v) is 1.54. The lowest BCUT2D eigenvalue weighted by atomic mass is 10.5. The number of hydrogen-bond donors (Lipinski definition) is 2. The summed E-state index contributed by atoms with van der Waals surface area (Å²) in [5.41, 5.74) is 0. The number of aromatic nitrogens is 1. The molecule has 0 fully saturated rings. The summed E-state index contributed by atoms with van der Waals surface area (Å²) in [5.74, 6) is 0. The highest BCUT2D eigenvalue weighted by atomic mass is 35.5. The lowest BCUT2D eigenvalue weighted by molar-refractivity contribution is 0.184. The van der Waals surface area contributed by atoms with Gasteiger partial charge in [-0.1, -0.05) is 23.2 Å². The van der Waals surface area contributed by atoms with Crippen LogP contribution in [-0.2, 0) is 0 Å². The van der Waals surface area contributed by atoms with E-state index in [2.05, 4.69) is 0 Å². The minimum absolute atomic E-state index is 0.0219. The summed E-state index contributed by atoms with van der Waals surface area (Å²) in [4.78, 5) is 0. The van der Waals surface area contributed by atoms with Crippen molar-refractivity contribution in [2.75, 3.05) is 0 Å². The third kappa shape index (κ3) is 1.25. The van der Waals surface area contributed by atoms with Gasteiger partial charge < -0.3 is 5.21 Å². The Labute approximate surface area is 66.9 Å². The molecule has 0 spiro atoms. The van der Waals surface area contributed by atoms with Crippen molar-refractivity contribution in [3.8, 4) is 0 Å². The molecular formula is C5H4Cl2N2O. The smallest absolute Gasteiger partial charge is 0.0945 e. The topological polar surface area (TPSA) is 49.0 Å². The summed E-state index contributed by atoms with van der Waals surface area (Å²) < 4.78 is 0.711. The van der Waals surface area contributed by atoms with Crippen LogP contribution < -0.4 is 5.36 Å². The number of pyridine rings is 1. The highest BCUT2D eigenvalue weighted by molar-refractivity contribution is 6.34. The molecule has 1 aromatic heterocycles. The van der Waals surface area contributed by atoms with Crippen LogP contribution in [0.2, 0.25) is 10.0 Å². The monoisotopic (exact) mass is 178 g/mol. The summed E-state index contributed by atoms with van der Waals surface area (Å²) in [6.45, 7) is 0. The van der Waals surface area contributed by atoms with Crippen molar-refractivity contribution in [3.63, 3.8) is 0 Å². The van der Waals surface area contributed by atoms with Crippen LogP contribution in [0.15, 0.2) is 12.4 Å². The van der Waals surface area contributed by atoms with E-state index in [0.717, 1.165) is 0 Å². The minimum Gasteiger partial charge on any atom is -0.429 e. The highest BCUT2D eigenvalue weighted by Crippen LogP contribution is 2.05. The van der Waals surface area contributed by atoms with Gasteiger partial charge in [0.25, 0.3) is 0 Å². The van der Waals surface area contributed by atoms with Crippen LogP contribution in [0.3, 0.4) is 0 Å². The molecule has 0 bridgehead atoms. The van der Waals surface area contributed by atoms with Crippen LogP contribution in [0.5, 0.6) is 0 Å². The molecular weight excluding hydrogens is 175 g/mol. The fourth-order valence-electron chi connectivity index (χ4n) is 0.513. The molecule has 10 heavy (non-hydrogen) atoms. The van der Waals surface area contributed by atoms with E-state index in [1.807, 2.05) is 0 Å². The summed E-state index contributed by atoms with van der Waals surface area (Å²) in [6, 6.07) is 0. The lowest BCUT2D eigenvalue weighted by Gasteiger charge is -1.97. The fraction of sp³-hybridized carbons (Fsp3) is 0. The third-order valence-electron chi connectivity index (χ3n) is 0.969.